The summed E-state index contributed by atoms with van der Waals surface area (Å²) in [5, 5.41) is 13.6. The van der Waals surface area contributed by atoms with Crippen molar-refractivity contribution in [1.82, 2.24) is 0 Å². The van der Waals surface area contributed by atoms with Gasteiger partial charge in [0.25, 0.3) is 0 Å². The van der Waals surface area contributed by atoms with E-state index in [1.54, 1.807) is 0 Å². The third kappa shape index (κ3) is 4.71. The van der Waals surface area contributed by atoms with Crippen molar-refractivity contribution in [2.75, 3.05) is 18.0 Å². The van der Waals surface area contributed by atoms with E-state index in [4.69, 9.17) is 0 Å². The molecule has 1 unspecified atom stereocenters. The van der Waals surface area contributed by atoms with Crippen LogP contribution in [-0.2, 0) is 10.8 Å². The molecule has 1 saturated heterocycles. The zero-order valence-electron chi connectivity index (χ0n) is 18.4. The van der Waals surface area contributed by atoms with Gasteiger partial charge < -0.3 is 10.0 Å². The van der Waals surface area contributed by atoms with Crippen molar-refractivity contribution >= 4 is 24.9 Å². The minimum absolute atomic E-state index is 0.0549. The molecular weight excluding hydrogens is 361 g/mol. The van der Waals surface area contributed by atoms with Gasteiger partial charge in [-0.1, -0.05) is 74.4 Å². The van der Waals surface area contributed by atoms with E-state index in [1.165, 1.54) is 35.8 Å². The molecule has 3 rings (SSSR count). The number of rotatable bonds is 3. The van der Waals surface area contributed by atoms with Crippen molar-refractivity contribution < 1.29 is 5.11 Å². The Morgan fingerprint density at radius 3 is 2.07 bits per heavy atom. The van der Waals surface area contributed by atoms with Crippen LogP contribution in [0, 0.1) is 0 Å². The van der Waals surface area contributed by atoms with E-state index < -0.39 is 0 Å². The van der Waals surface area contributed by atoms with Gasteiger partial charge >= 0.3 is 0 Å². The highest BCUT2D eigenvalue weighted by Crippen LogP contribution is 2.37. The van der Waals surface area contributed by atoms with Crippen LogP contribution in [-0.4, -0.2) is 18.2 Å². The van der Waals surface area contributed by atoms with Crippen LogP contribution < -0.4 is 15.5 Å². The Morgan fingerprint density at radius 2 is 1.46 bits per heavy atom. The normalized spacial score (nSPS) is 16.1. The number of benzene rings is 2. The van der Waals surface area contributed by atoms with Gasteiger partial charge in [-0.15, -0.1) is 0 Å². The predicted molar refractivity (Wildman–Crippen MR) is 126 cm³/mol. The Labute approximate surface area is 173 Å². The Balaban J connectivity index is 2.05. The van der Waals surface area contributed by atoms with Gasteiger partial charge in [0.2, 0.25) is 0 Å². The Morgan fingerprint density at radius 1 is 0.821 bits per heavy atom. The first-order valence-corrected chi connectivity index (χ1v) is 11.6. The highest BCUT2D eigenvalue weighted by molar-refractivity contribution is 7.56. The number of aromatic hydroxyl groups is 1. The molecule has 1 fully saturated rings. The molecule has 0 spiro atoms. The van der Waals surface area contributed by atoms with Crippen molar-refractivity contribution in [2.45, 2.75) is 71.6 Å². The third-order valence-corrected chi connectivity index (χ3v) is 7.00. The fourth-order valence-electron chi connectivity index (χ4n) is 3.87. The highest BCUT2D eigenvalue weighted by atomic mass is 31.1. The summed E-state index contributed by atoms with van der Waals surface area (Å²) in [7, 11) is 0.458. The summed E-state index contributed by atoms with van der Waals surface area (Å²) in [5.74, 6) is 0.479. The average molecular weight is 398 g/mol. The van der Waals surface area contributed by atoms with Crippen LogP contribution in [0.5, 0.6) is 5.75 Å². The minimum atomic E-state index is -0.0863. The van der Waals surface area contributed by atoms with Gasteiger partial charge in [-0.05, 0) is 47.8 Å². The molecule has 1 aliphatic heterocycles. The number of hydrogen-bond acceptors (Lipinski definition) is 2. The molecule has 28 heavy (non-hydrogen) atoms. The summed E-state index contributed by atoms with van der Waals surface area (Å²) in [6.45, 7) is 15.6. The van der Waals surface area contributed by atoms with E-state index in [0.29, 0.717) is 14.3 Å². The largest absolute Gasteiger partial charge is 0.507 e. The monoisotopic (exact) mass is 397 g/mol. The summed E-state index contributed by atoms with van der Waals surface area (Å²) >= 11 is 0. The Hall–Kier alpha value is -1.53. The van der Waals surface area contributed by atoms with Gasteiger partial charge in [0.1, 0.15) is 5.75 Å². The first-order valence-electron chi connectivity index (χ1n) is 10.6. The van der Waals surface area contributed by atoms with Gasteiger partial charge in [-0.2, -0.15) is 0 Å². The van der Waals surface area contributed by atoms with Gasteiger partial charge in [-0.25, -0.2) is 0 Å². The zero-order chi connectivity index (χ0) is 20.5. The fraction of sp³-hybridized carbons (Fsp3) is 0.520. The standard InChI is InChI=1S/C25H36NOP/c1-24(2,3)18-16-19(25(4,5)6)23(27)22(17-18)28-21-13-9-8-12-20(21)26-14-10-7-11-15-26/h8-9,12-13,16-17,27-28H,7,10-11,14-15H2,1-6H3. The number of phenols is 1. The lowest BCUT2D eigenvalue weighted by Crippen LogP contribution is -2.32. The van der Waals surface area contributed by atoms with Crippen molar-refractivity contribution in [3.8, 4) is 5.75 Å². The Kier molecular flexibility index (Phi) is 6.11. The second-order valence-electron chi connectivity index (χ2n) is 10.1. The topological polar surface area (TPSA) is 23.5 Å². The summed E-state index contributed by atoms with van der Waals surface area (Å²) in [5.41, 5.74) is 3.67. The van der Waals surface area contributed by atoms with E-state index in [9.17, 15) is 5.11 Å². The molecule has 152 valence electrons. The van der Waals surface area contributed by atoms with Crippen LogP contribution in [0.1, 0.15) is 71.9 Å². The lowest BCUT2D eigenvalue weighted by molar-refractivity contribution is 0.449. The molecule has 2 nitrogen and oxygen atoms in total. The van der Waals surface area contributed by atoms with Crippen LogP contribution >= 0.6 is 8.58 Å². The molecule has 1 aliphatic rings. The summed E-state index contributed by atoms with van der Waals surface area (Å²) < 4.78 is 0. The van der Waals surface area contributed by atoms with Gasteiger partial charge in [-0.3, -0.25) is 0 Å². The molecule has 1 atom stereocenters. The Bertz CT molecular complexity index is 823. The maximum atomic E-state index is 11.2. The van der Waals surface area contributed by atoms with E-state index in [-0.39, 0.29) is 10.8 Å². The zero-order valence-corrected chi connectivity index (χ0v) is 19.4. The molecule has 0 amide bonds. The van der Waals surface area contributed by atoms with Crippen LogP contribution in [0.15, 0.2) is 36.4 Å². The van der Waals surface area contributed by atoms with Gasteiger partial charge in [0.05, 0.1) is 0 Å². The van der Waals surface area contributed by atoms with Gasteiger partial charge in [0, 0.05) is 34.9 Å². The smallest absolute Gasteiger partial charge is 0.127 e. The SMILES string of the molecule is CC(C)(C)c1cc(Pc2ccccc2N2CCCCC2)c(O)c(C(C)(C)C)c1. The number of phenolic OH excluding ortho intramolecular Hbond substituents is 1. The number of anilines is 1. The van der Waals surface area contributed by atoms with Gasteiger partial charge in [0.15, 0.2) is 0 Å². The minimum Gasteiger partial charge on any atom is -0.507 e. The molecule has 1 heterocycles. The summed E-state index contributed by atoms with van der Waals surface area (Å²) in [6.07, 6.45) is 3.89. The van der Waals surface area contributed by atoms with Crippen LogP contribution in [0.25, 0.3) is 0 Å². The van der Waals surface area contributed by atoms with E-state index in [1.807, 2.05) is 0 Å². The molecule has 0 aliphatic carbocycles. The highest BCUT2D eigenvalue weighted by Gasteiger charge is 2.25. The number of para-hydroxylation sites is 1. The quantitative estimate of drug-likeness (QED) is 0.681. The first-order chi connectivity index (χ1) is 13.1. The van der Waals surface area contributed by atoms with Crippen LogP contribution in [0.3, 0.4) is 0 Å². The number of nitrogens with zero attached hydrogens (tertiary/aromatic N) is 1. The molecule has 2 aromatic rings. The molecule has 3 heteroatoms. The average Bonchev–Trinajstić information content (AvgIpc) is 2.62. The lowest BCUT2D eigenvalue weighted by Gasteiger charge is -2.31. The van der Waals surface area contributed by atoms with Crippen molar-refractivity contribution in [3.63, 3.8) is 0 Å². The van der Waals surface area contributed by atoms with Crippen LogP contribution in [0.4, 0.5) is 5.69 Å². The first kappa shape index (κ1) is 21.2. The lowest BCUT2D eigenvalue weighted by atomic mass is 9.80. The molecular formula is C25H36NOP. The van der Waals surface area contributed by atoms with Crippen molar-refractivity contribution in [3.05, 3.63) is 47.5 Å². The summed E-state index contributed by atoms with van der Waals surface area (Å²) in [4.78, 5) is 2.53. The number of piperidine rings is 1. The maximum absolute atomic E-state index is 11.2. The van der Waals surface area contributed by atoms with Crippen molar-refractivity contribution in [2.24, 2.45) is 0 Å². The summed E-state index contributed by atoms with van der Waals surface area (Å²) in [6, 6.07) is 13.2. The van der Waals surface area contributed by atoms with Crippen LogP contribution in [0.2, 0.25) is 0 Å². The fourth-order valence-corrected chi connectivity index (χ4v) is 5.19. The molecule has 0 aromatic heterocycles. The molecule has 0 saturated carbocycles. The third-order valence-electron chi connectivity index (χ3n) is 5.65. The van der Waals surface area contributed by atoms with E-state index >= 15 is 0 Å². The molecule has 0 radical (unpaired) electrons. The van der Waals surface area contributed by atoms with E-state index in [2.05, 4.69) is 82.8 Å². The molecule has 1 N–H and O–H groups in total. The number of hydrogen-bond donors (Lipinski definition) is 1. The molecule has 2 aromatic carbocycles. The maximum Gasteiger partial charge on any atom is 0.127 e. The molecule has 0 bridgehead atoms. The second kappa shape index (κ2) is 8.07. The second-order valence-corrected chi connectivity index (χ2v) is 11.4. The van der Waals surface area contributed by atoms with Crippen molar-refractivity contribution in [1.29, 1.82) is 0 Å². The van der Waals surface area contributed by atoms with E-state index in [0.717, 1.165) is 24.0 Å². The predicted octanol–water partition coefficient (Wildman–Crippen LogP) is 5.61.